The van der Waals surface area contributed by atoms with E-state index in [4.69, 9.17) is 0 Å². The highest BCUT2D eigenvalue weighted by Crippen LogP contribution is 2.25. The molecule has 2 saturated heterocycles. The minimum atomic E-state index is 0.874. The molecule has 0 bridgehead atoms. The maximum absolute atomic E-state index is 2.72. The smallest absolute Gasteiger partial charge is 0.00220 e. The summed E-state index contributed by atoms with van der Waals surface area (Å²) in [7, 11) is 2.27. The van der Waals surface area contributed by atoms with Crippen LogP contribution >= 0.6 is 0 Å². The van der Waals surface area contributed by atoms with Crippen molar-refractivity contribution in [3.8, 4) is 0 Å². The maximum Gasteiger partial charge on any atom is 0.00220 e. The molecule has 0 aliphatic carbocycles. The topological polar surface area (TPSA) is 6.48 Å². The van der Waals surface area contributed by atoms with Crippen LogP contribution in [0.4, 0.5) is 0 Å². The Hall–Kier alpha value is -0.0800. The first-order valence-corrected chi connectivity index (χ1v) is 7.06. The van der Waals surface area contributed by atoms with Gasteiger partial charge in [0.2, 0.25) is 0 Å². The Morgan fingerprint density at radius 3 is 2.56 bits per heavy atom. The highest BCUT2D eigenvalue weighted by atomic mass is 15.2. The van der Waals surface area contributed by atoms with Gasteiger partial charge in [0, 0.05) is 19.6 Å². The number of hydrogen-bond donors (Lipinski definition) is 0. The lowest BCUT2D eigenvalue weighted by Gasteiger charge is -2.32. The van der Waals surface area contributed by atoms with Gasteiger partial charge in [-0.1, -0.05) is 13.8 Å². The van der Waals surface area contributed by atoms with Crippen molar-refractivity contribution in [1.29, 1.82) is 0 Å². The SMILES string of the molecule is CC(C)C1CCN(CC2CCCN(C)C2)C1. The van der Waals surface area contributed by atoms with E-state index in [0.717, 1.165) is 17.8 Å². The summed E-state index contributed by atoms with van der Waals surface area (Å²) in [6.45, 7) is 11.5. The quantitative estimate of drug-likeness (QED) is 0.726. The molecule has 2 fully saturated rings. The molecule has 0 N–H and O–H groups in total. The molecule has 0 aromatic heterocycles. The second-order valence-electron chi connectivity index (χ2n) is 6.32. The minimum Gasteiger partial charge on any atom is -0.306 e. The molecule has 16 heavy (non-hydrogen) atoms. The Bertz CT molecular complexity index is 215. The van der Waals surface area contributed by atoms with Gasteiger partial charge in [-0.15, -0.1) is 0 Å². The Labute approximate surface area is 101 Å². The zero-order chi connectivity index (χ0) is 11.5. The molecule has 94 valence electrons. The summed E-state index contributed by atoms with van der Waals surface area (Å²) in [4.78, 5) is 5.22. The van der Waals surface area contributed by atoms with Crippen LogP contribution in [0.25, 0.3) is 0 Å². The fourth-order valence-electron chi connectivity index (χ4n) is 3.36. The molecule has 2 aliphatic rings. The lowest BCUT2D eigenvalue weighted by atomic mass is 9.95. The van der Waals surface area contributed by atoms with E-state index in [1.165, 1.54) is 52.0 Å². The highest BCUT2D eigenvalue weighted by molar-refractivity contribution is 4.81. The molecule has 0 aromatic rings. The van der Waals surface area contributed by atoms with Crippen molar-refractivity contribution < 1.29 is 0 Å². The van der Waals surface area contributed by atoms with E-state index in [0.29, 0.717) is 0 Å². The van der Waals surface area contributed by atoms with Crippen molar-refractivity contribution in [2.75, 3.05) is 39.8 Å². The first kappa shape index (κ1) is 12.4. The number of nitrogens with zero attached hydrogens (tertiary/aromatic N) is 2. The van der Waals surface area contributed by atoms with Gasteiger partial charge in [0.15, 0.2) is 0 Å². The van der Waals surface area contributed by atoms with Gasteiger partial charge in [-0.3, -0.25) is 0 Å². The largest absolute Gasteiger partial charge is 0.306 e. The molecular weight excluding hydrogens is 196 g/mol. The molecule has 0 aromatic carbocycles. The van der Waals surface area contributed by atoms with Crippen LogP contribution in [0.5, 0.6) is 0 Å². The van der Waals surface area contributed by atoms with E-state index in [-0.39, 0.29) is 0 Å². The van der Waals surface area contributed by atoms with Crippen molar-refractivity contribution in [2.45, 2.75) is 33.1 Å². The third-order valence-electron chi connectivity index (χ3n) is 4.49. The van der Waals surface area contributed by atoms with Gasteiger partial charge in [0.05, 0.1) is 0 Å². The van der Waals surface area contributed by atoms with Crippen molar-refractivity contribution in [3.05, 3.63) is 0 Å². The summed E-state index contributed by atoms with van der Waals surface area (Å²) in [5, 5.41) is 0. The number of hydrogen-bond acceptors (Lipinski definition) is 2. The van der Waals surface area contributed by atoms with E-state index in [1.807, 2.05) is 0 Å². The van der Waals surface area contributed by atoms with E-state index < -0.39 is 0 Å². The normalized spacial score (nSPS) is 33.8. The van der Waals surface area contributed by atoms with Crippen LogP contribution in [0.1, 0.15) is 33.1 Å². The monoisotopic (exact) mass is 224 g/mol. The molecule has 0 spiro atoms. The van der Waals surface area contributed by atoms with Gasteiger partial charge in [-0.2, -0.15) is 0 Å². The third-order valence-corrected chi connectivity index (χ3v) is 4.49. The molecule has 0 radical (unpaired) electrons. The van der Waals surface area contributed by atoms with Gasteiger partial charge in [-0.25, -0.2) is 0 Å². The van der Waals surface area contributed by atoms with Gasteiger partial charge < -0.3 is 9.80 Å². The number of likely N-dealkylation sites (tertiary alicyclic amines) is 2. The molecule has 2 aliphatic heterocycles. The average molecular weight is 224 g/mol. The predicted octanol–water partition coefficient (Wildman–Crippen LogP) is 2.31. The zero-order valence-corrected chi connectivity index (χ0v) is 11.3. The maximum atomic E-state index is 2.72. The van der Waals surface area contributed by atoms with Crippen LogP contribution in [0.3, 0.4) is 0 Å². The standard InChI is InChI=1S/C14H28N2/c1-12(2)14-6-8-16(11-14)10-13-5-4-7-15(3)9-13/h12-14H,4-11H2,1-3H3. The lowest BCUT2D eigenvalue weighted by Crippen LogP contribution is -2.38. The van der Waals surface area contributed by atoms with Crippen LogP contribution < -0.4 is 0 Å². The summed E-state index contributed by atoms with van der Waals surface area (Å²) >= 11 is 0. The van der Waals surface area contributed by atoms with E-state index in [1.54, 1.807) is 0 Å². The Kier molecular flexibility index (Phi) is 4.26. The van der Waals surface area contributed by atoms with Gasteiger partial charge in [-0.05, 0) is 57.2 Å². The molecule has 2 heterocycles. The van der Waals surface area contributed by atoms with E-state index in [9.17, 15) is 0 Å². The van der Waals surface area contributed by atoms with Crippen LogP contribution in [0.15, 0.2) is 0 Å². The molecule has 2 atom stereocenters. The second kappa shape index (κ2) is 5.50. The van der Waals surface area contributed by atoms with E-state index in [2.05, 4.69) is 30.7 Å². The Balaban J connectivity index is 1.74. The molecule has 2 nitrogen and oxygen atoms in total. The van der Waals surface area contributed by atoms with Crippen molar-refractivity contribution in [2.24, 2.45) is 17.8 Å². The van der Waals surface area contributed by atoms with Gasteiger partial charge >= 0.3 is 0 Å². The number of rotatable bonds is 3. The number of piperidine rings is 1. The molecular formula is C14H28N2. The van der Waals surface area contributed by atoms with Crippen molar-refractivity contribution >= 4 is 0 Å². The predicted molar refractivity (Wildman–Crippen MR) is 69.6 cm³/mol. The summed E-state index contributed by atoms with van der Waals surface area (Å²) in [6.07, 6.45) is 4.29. The van der Waals surface area contributed by atoms with Gasteiger partial charge in [0.1, 0.15) is 0 Å². The third kappa shape index (κ3) is 3.21. The van der Waals surface area contributed by atoms with Crippen molar-refractivity contribution in [3.63, 3.8) is 0 Å². The highest BCUT2D eigenvalue weighted by Gasteiger charge is 2.27. The van der Waals surface area contributed by atoms with Crippen LogP contribution in [0, 0.1) is 17.8 Å². The first-order valence-electron chi connectivity index (χ1n) is 7.06. The fourth-order valence-corrected chi connectivity index (χ4v) is 3.36. The molecule has 0 amide bonds. The molecule has 2 heteroatoms. The fraction of sp³-hybridized carbons (Fsp3) is 1.00. The Morgan fingerprint density at radius 2 is 1.94 bits per heavy atom. The van der Waals surface area contributed by atoms with Crippen molar-refractivity contribution in [1.82, 2.24) is 9.80 Å². The summed E-state index contributed by atoms with van der Waals surface area (Å²) in [5.41, 5.74) is 0. The van der Waals surface area contributed by atoms with Crippen LogP contribution in [-0.4, -0.2) is 49.6 Å². The first-order chi connectivity index (χ1) is 7.65. The average Bonchev–Trinajstić information content (AvgIpc) is 2.66. The zero-order valence-electron chi connectivity index (χ0n) is 11.3. The second-order valence-corrected chi connectivity index (χ2v) is 6.32. The van der Waals surface area contributed by atoms with Gasteiger partial charge in [0.25, 0.3) is 0 Å². The lowest BCUT2D eigenvalue weighted by molar-refractivity contribution is 0.162. The Morgan fingerprint density at radius 1 is 1.12 bits per heavy atom. The van der Waals surface area contributed by atoms with E-state index >= 15 is 0 Å². The minimum absolute atomic E-state index is 0.874. The van der Waals surface area contributed by atoms with Crippen LogP contribution in [0.2, 0.25) is 0 Å². The summed E-state index contributed by atoms with van der Waals surface area (Å²) in [5.74, 6) is 2.77. The summed E-state index contributed by atoms with van der Waals surface area (Å²) in [6, 6.07) is 0. The molecule has 0 saturated carbocycles. The summed E-state index contributed by atoms with van der Waals surface area (Å²) < 4.78 is 0. The van der Waals surface area contributed by atoms with Crippen LogP contribution in [-0.2, 0) is 0 Å². The molecule has 2 unspecified atom stereocenters. The molecule has 2 rings (SSSR count).